The topological polar surface area (TPSA) is 55.1 Å². The van der Waals surface area contributed by atoms with Gasteiger partial charge in [-0.15, -0.1) is 0 Å². The fraction of sp³-hybridized carbons (Fsp3) is 0.125. The molecule has 0 saturated carbocycles. The summed E-state index contributed by atoms with van der Waals surface area (Å²) in [5.74, 6) is -0.562. The maximum atomic E-state index is 13.4. The standard InChI is InChI=1S/C16H13FN2O2/c1-2-19-14-9-12(17)7-8-13(14)18-15(19)10-3-5-11(6-4-10)16(20)21/h3-9H,2H2,1H3,(H,20,21). The van der Waals surface area contributed by atoms with Gasteiger partial charge in [-0.1, -0.05) is 12.1 Å². The molecule has 1 aromatic heterocycles. The first-order chi connectivity index (χ1) is 10.1. The predicted octanol–water partition coefficient (Wildman–Crippen LogP) is 3.56. The second-order valence-corrected chi connectivity index (χ2v) is 4.70. The molecule has 5 heteroatoms. The molecule has 0 unspecified atom stereocenters. The SMILES string of the molecule is CCn1c(-c2ccc(C(=O)O)cc2)nc2ccc(F)cc21. The summed E-state index contributed by atoms with van der Waals surface area (Å²) in [5, 5.41) is 8.93. The summed E-state index contributed by atoms with van der Waals surface area (Å²) >= 11 is 0. The summed E-state index contributed by atoms with van der Waals surface area (Å²) in [5.41, 5.74) is 2.48. The zero-order valence-electron chi connectivity index (χ0n) is 11.4. The third-order valence-corrected chi connectivity index (χ3v) is 3.42. The molecule has 0 aliphatic rings. The number of aromatic carboxylic acids is 1. The van der Waals surface area contributed by atoms with Gasteiger partial charge in [0.25, 0.3) is 0 Å². The minimum atomic E-state index is -0.965. The molecular weight excluding hydrogens is 271 g/mol. The van der Waals surface area contributed by atoms with Crippen molar-refractivity contribution in [2.75, 3.05) is 0 Å². The Balaban J connectivity index is 2.17. The molecule has 0 aliphatic carbocycles. The van der Waals surface area contributed by atoms with Crippen LogP contribution in [0.15, 0.2) is 42.5 Å². The highest BCUT2D eigenvalue weighted by Gasteiger charge is 2.12. The van der Waals surface area contributed by atoms with E-state index in [1.54, 1.807) is 18.2 Å². The van der Waals surface area contributed by atoms with Gasteiger partial charge < -0.3 is 9.67 Å². The van der Waals surface area contributed by atoms with Gasteiger partial charge in [0.05, 0.1) is 16.6 Å². The summed E-state index contributed by atoms with van der Waals surface area (Å²) in [6.45, 7) is 2.61. The van der Waals surface area contributed by atoms with Gasteiger partial charge in [0, 0.05) is 12.1 Å². The van der Waals surface area contributed by atoms with E-state index in [0.717, 1.165) is 16.6 Å². The summed E-state index contributed by atoms with van der Waals surface area (Å²) in [7, 11) is 0. The van der Waals surface area contributed by atoms with Crippen LogP contribution in [-0.4, -0.2) is 20.6 Å². The number of benzene rings is 2. The number of hydrogen-bond donors (Lipinski definition) is 1. The number of rotatable bonds is 3. The smallest absolute Gasteiger partial charge is 0.335 e. The number of carbonyl (C=O) groups is 1. The number of aryl methyl sites for hydroxylation is 1. The quantitative estimate of drug-likeness (QED) is 0.800. The summed E-state index contributed by atoms with van der Waals surface area (Å²) in [6.07, 6.45) is 0. The molecule has 3 aromatic rings. The number of fused-ring (bicyclic) bond motifs is 1. The van der Waals surface area contributed by atoms with Crippen molar-refractivity contribution in [1.82, 2.24) is 9.55 Å². The molecule has 0 spiro atoms. The lowest BCUT2D eigenvalue weighted by molar-refractivity contribution is 0.0697. The second kappa shape index (κ2) is 5.01. The lowest BCUT2D eigenvalue weighted by Gasteiger charge is -2.06. The molecule has 2 aromatic carbocycles. The third-order valence-electron chi connectivity index (χ3n) is 3.42. The molecule has 0 radical (unpaired) electrons. The molecule has 1 N–H and O–H groups in total. The molecule has 0 fully saturated rings. The van der Waals surface area contributed by atoms with Crippen LogP contribution in [0.25, 0.3) is 22.4 Å². The highest BCUT2D eigenvalue weighted by atomic mass is 19.1. The van der Waals surface area contributed by atoms with Gasteiger partial charge in [-0.05, 0) is 37.3 Å². The number of aromatic nitrogens is 2. The van der Waals surface area contributed by atoms with E-state index in [1.165, 1.54) is 24.3 Å². The van der Waals surface area contributed by atoms with E-state index in [9.17, 15) is 9.18 Å². The first-order valence-corrected chi connectivity index (χ1v) is 6.59. The largest absolute Gasteiger partial charge is 0.478 e. The second-order valence-electron chi connectivity index (χ2n) is 4.70. The molecule has 1 heterocycles. The molecule has 0 aliphatic heterocycles. The van der Waals surface area contributed by atoms with Crippen LogP contribution in [0.2, 0.25) is 0 Å². The molecule has 0 amide bonds. The number of halogens is 1. The number of imidazole rings is 1. The van der Waals surface area contributed by atoms with Crippen molar-refractivity contribution in [3.05, 3.63) is 53.8 Å². The van der Waals surface area contributed by atoms with Gasteiger partial charge in [-0.3, -0.25) is 0 Å². The van der Waals surface area contributed by atoms with E-state index < -0.39 is 5.97 Å². The van der Waals surface area contributed by atoms with Crippen LogP contribution in [0.1, 0.15) is 17.3 Å². The molecule has 21 heavy (non-hydrogen) atoms. The van der Waals surface area contributed by atoms with Crippen molar-refractivity contribution in [3.63, 3.8) is 0 Å². The summed E-state index contributed by atoms with van der Waals surface area (Å²) in [6, 6.07) is 11.0. The van der Waals surface area contributed by atoms with E-state index >= 15 is 0 Å². The first kappa shape index (κ1) is 13.3. The van der Waals surface area contributed by atoms with Crippen molar-refractivity contribution in [3.8, 4) is 11.4 Å². The van der Waals surface area contributed by atoms with Crippen molar-refractivity contribution in [2.45, 2.75) is 13.5 Å². The molecule has 0 atom stereocenters. The average molecular weight is 284 g/mol. The van der Waals surface area contributed by atoms with E-state index in [4.69, 9.17) is 5.11 Å². The lowest BCUT2D eigenvalue weighted by atomic mass is 10.1. The summed E-state index contributed by atoms with van der Waals surface area (Å²) < 4.78 is 15.3. The molecule has 0 bridgehead atoms. The van der Waals surface area contributed by atoms with E-state index in [-0.39, 0.29) is 11.4 Å². The maximum Gasteiger partial charge on any atom is 0.335 e. The fourth-order valence-corrected chi connectivity index (χ4v) is 2.40. The Labute approximate surface area is 120 Å². The van der Waals surface area contributed by atoms with Gasteiger partial charge in [0.1, 0.15) is 11.6 Å². The minimum Gasteiger partial charge on any atom is -0.478 e. The number of hydrogen-bond acceptors (Lipinski definition) is 2. The average Bonchev–Trinajstić information content (AvgIpc) is 2.85. The Morgan fingerprint density at radius 3 is 2.57 bits per heavy atom. The van der Waals surface area contributed by atoms with Gasteiger partial charge in [0.2, 0.25) is 0 Å². The summed E-state index contributed by atoms with van der Waals surface area (Å²) in [4.78, 5) is 15.4. The zero-order chi connectivity index (χ0) is 15.0. The number of carboxylic acid groups (broad SMARTS) is 1. The number of nitrogens with zero attached hydrogens (tertiary/aromatic N) is 2. The highest BCUT2D eigenvalue weighted by molar-refractivity contribution is 5.88. The van der Waals surface area contributed by atoms with Gasteiger partial charge in [0.15, 0.2) is 0 Å². The van der Waals surface area contributed by atoms with Gasteiger partial charge >= 0.3 is 5.97 Å². The Morgan fingerprint density at radius 1 is 1.24 bits per heavy atom. The highest BCUT2D eigenvalue weighted by Crippen LogP contribution is 2.25. The van der Waals surface area contributed by atoms with Gasteiger partial charge in [-0.25, -0.2) is 14.2 Å². The Morgan fingerprint density at radius 2 is 1.95 bits per heavy atom. The zero-order valence-corrected chi connectivity index (χ0v) is 11.4. The van der Waals surface area contributed by atoms with Gasteiger partial charge in [-0.2, -0.15) is 0 Å². The van der Waals surface area contributed by atoms with E-state index in [1.807, 2.05) is 11.5 Å². The first-order valence-electron chi connectivity index (χ1n) is 6.59. The van der Waals surface area contributed by atoms with Crippen LogP contribution >= 0.6 is 0 Å². The van der Waals surface area contributed by atoms with E-state index in [2.05, 4.69) is 4.98 Å². The molecule has 106 valence electrons. The molecule has 4 nitrogen and oxygen atoms in total. The van der Waals surface area contributed by atoms with Crippen LogP contribution in [0.5, 0.6) is 0 Å². The third kappa shape index (κ3) is 2.27. The maximum absolute atomic E-state index is 13.4. The Hall–Kier alpha value is -2.69. The van der Waals surface area contributed by atoms with Crippen LogP contribution < -0.4 is 0 Å². The number of carboxylic acids is 1. The molecular formula is C16H13FN2O2. The fourth-order valence-electron chi connectivity index (χ4n) is 2.40. The van der Waals surface area contributed by atoms with Crippen molar-refractivity contribution in [1.29, 1.82) is 0 Å². The van der Waals surface area contributed by atoms with Crippen molar-refractivity contribution in [2.24, 2.45) is 0 Å². The minimum absolute atomic E-state index is 0.226. The van der Waals surface area contributed by atoms with Crippen molar-refractivity contribution < 1.29 is 14.3 Å². The van der Waals surface area contributed by atoms with Crippen LogP contribution in [0.3, 0.4) is 0 Å². The van der Waals surface area contributed by atoms with Crippen molar-refractivity contribution >= 4 is 17.0 Å². The van der Waals surface area contributed by atoms with Crippen LogP contribution in [0.4, 0.5) is 4.39 Å². The lowest BCUT2D eigenvalue weighted by Crippen LogP contribution is -1.99. The monoisotopic (exact) mass is 284 g/mol. The molecule has 0 saturated heterocycles. The Kier molecular flexibility index (Phi) is 3.17. The van der Waals surface area contributed by atoms with Crippen LogP contribution in [0, 0.1) is 5.82 Å². The van der Waals surface area contributed by atoms with Crippen LogP contribution in [-0.2, 0) is 6.54 Å². The predicted molar refractivity (Wildman–Crippen MR) is 77.8 cm³/mol. The van der Waals surface area contributed by atoms with E-state index in [0.29, 0.717) is 12.4 Å². The molecule has 3 rings (SSSR count). The normalized spacial score (nSPS) is 11.0. The Bertz CT molecular complexity index is 822.